The van der Waals surface area contributed by atoms with Crippen molar-refractivity contribution in [1.29, 1.82) is 0 Å². The molecule has 9 heteroatoms. The number of nitrogens with zero attached hydrogens (tertiary/aromatic N) is 1. The molecule has 1 unspecified atom stereocenters. The Hall–Kier alpha value is -2.94. The molecule has 0 bridgehead atoms. The first-order valence-electron chi connectivity index (χ1n) is 9.45. The van der Waals surface area contributed by atoms with E-state index < -0.39 is 17.8 Å². The molecule has 164 valence electrons. The van der Waals surface area contributed by atoms with Gasteiger partial charge in [0.15, 0.2) is 5.96 Å². The van der Waals surface area contributed by atoms with Gasteiger partial charge in [0.05, 0.1) is 19.2 Å². The summed E-state index contributed by atoms with van der Waals surface area (Å²) in [6, 6.07) is 11.9. The Bertz CT molecular complexity index is 811. The highest BCUT2D eigenvalue weighted by molar-refractivity contribution is 5.79. The van der Waals surface area contributed by atoms with Gasteiger partial charge in [-0.2, -0.15) is 13.2 Å². The van der Waals surface area contributed by atoms with Crippen molar-refractivity contribution in [2.75, 3.05) is 26.8 Å². The lowest BCUT2D eigenvalue weighted by molar-refractivity contribution is -0.137. The zero-order chi connectivity index (χ0) is 22.0. The lowest BCUT2D eigenvalue weighted by Crippen LogP contribution is -2.42. The third-order valence-corrected chi connectivity index (χ3v) is 4.03. The van der Waals surface area contributed by atoms with Crippen LogP contribution in [0.2, 0.25) is 0 Å². The minimum atomic E-state index is -4.39. The molecule has 0 aliphatic heterocycles. The van der Waals surface area contributed by atoms with Crippen molar-refractivity contribution in [3.05, 3.63) is 59.7 Å². The molecule has 1 atom stereocenters. The van der Waals surface area contributed by atoms with Gasteiger partial charge < -0.3 is 25.2 Å². The first-order valence-corrected chi connectivity index (χ1v) is 9.45. The summed E-state index contributed by atoms with van der Waals surface area (Å²) in [4.78, 5) is 4.46. The minimum absolute atomic E-state index is 0.0757. The van der Waals surface area contributed by atoms with Crippen molar-refractivity contribution < 1.29 is 27.8 Å². The SMILES string of the molecule is CCNC(=NCc1cccc(OC)c1)NCC(O)COc1ccc(C(F)(F)F)cc1. The second-order valence-electron chi connectivity index (χ2n) is 6.41. The zero-order valence-corrected chi connectivity index (χ0v) is 16.9. The first-order chi connectivity index (χ1) is 14.3. The Morgan fingerprint density at radius 1 is 1.10 bits per heavy atom. The number of hydrogen-bond acceptors (Lipinski definition) is 4. The second-order valence-corrected chi connectivity index (χ2v) is 6.41. The number of aliphatic hydroxyl groups excluding tert-OH is 1. The van der Waals surface area contributed by atoms with Crippen LogP contribution < -0.4 is 20.1 Å². The lowest BCUT2D eigenvalue weighted by atomic mass is 10.2. The van der Waals surface area contributed by atoms with Crippen LogP contribution in [-0.4, -0.2) is 44.0 Å². The van der Waals surface area contributed by atoms with Crippen molar-refractivity contribution >= 4 is 5.96 Å². The number of benzene rings is 2. The fourth-order valence-electron chi connectivity index (χ4n) is 2.49. The molecule has 0 aliphatic rings. The average Bonchev–Trinajstić information content (AvgIpc) is 2.74. The second kappa shape index (κ2) is 11.3. The standard InChI is InChI=1S/C21H26F3N3O3/c1-3-25-20(26-12-15-5-4-6-19(11-15)29-2)27-13-17(28)14-30-18-9-7-16(8-10-18)21(22,23)24/h4-11,17,28H,3,12-14H2,1-2H3,(H2,25,26,27). The maximum absolute atomic E-state index is 12.6. The van der Waals surface area contributed by atoms with Crippen LogP contribution in [0.25, 0.3) is 0 Å². The number of alkyl halides is 3. The minimum Gasteiger partial charge on any atom is -0.497 e. The van der Waals surface area contributed by atoms with E-state index in [-0.39, 0.29) is 18.9 Å². The summed E-state index contributed by atoms with van der Waals surface area (Å²) in [5.74, 6) is 1.52. The molecule has 0 aliphatic carbocycles. The van der Waals surface area contributed by atoms with Gasteiger partial charge in [0.2, 0.25) is 0 Å². The number of ether oxygens (including phenoxy) is 2. The van der Waals surface area contributed by atoms with Gasteiger partial charge in [-0.3, -0.25) is 0 Å². The van der Waals surface area contributed by atoms with E-state index in [4.69, 9.17) is 9.47 Å². The summed E-state index contributed by atoms with van der Waals surface area (Å²) >= 11 is 0. The Kier molecular flexibility index (Phi) is 8.79. The van der Waals surface area contributed by atoms with E-state index in [9.17, 15) is 18.3 Å². The fourth-order valence-corrected chi connectivity index (χ4v) is 2.49. The Morgan fingerprint density at radius 3 is 2.47 bits per heavy atom. The Balaban J connectivity index is 1.83. The molecule has 0 amide bonds. The highest BCUT2D eigenvalue weighted by Gasteiger charge is 2.30. The van der Waals surface area contributed by atoms with Crippen molar-refractivity contribution in [2.24, 2.45) is 4.99 Å². The van der Waals surface area contributed by atoms with Gasteiger partial charge >= 0.3 is 6.18 Å². The highest BCUT2D eigenvalue weighted by Crippen LogP contribution is 2.30. The molecule has 0 heterocycles. The third-order valence-electron chi connectivity index (χ3n) is 4.03. The van der Waals surface area contributed by atoms with Gasteiger partial charge in [0.1, 0.15) is 24.2 Å². The number of nitrogens with one attached hydrogen (secondary N) is 2. The van der Waals surface area contributed by atoms with Gasteiger partial charge in [-0.25, -0.2) is 4.99 Å². The smallest absolute Gasteiger partial charge is 0.416 e. The molecular formula is C21H26F3N3O3. The normalized spacial score (nSPS) is 12.9. The predicted molar refractivity (Wildman–Crippen MR) is 109 cm³/mol. The molecule has 0 radical (unpaired) electrons. The van der Waals surface area contributed by atoms with Crippen LogP contribution in [0.3, 0.4) is 0 Å². The molecule has 2 rings (SSSR count). The van der Waals surface area contributed by atoms with Crippen LogP contribution in [0.1, 0.15) is 18.1 Å². The van der Waals surface area contributed by atoms with E-state index in [1.54, 1.807) is 7.11 Å². The van der Waals surface area contributed by atoms with Gasteiger partial charge in [-0.05, 0) is 48.9 Å². The number of hydrogen-bond donors (Lipinski definition) is 3. The monoisotopic (exact) mass is 425 g/mol. The number of aliphatic hydroxyl groups is 1. The van der Waals surface area contributed by atoms with E-state index in [1.165, 1.54) is 12.1 Å². The van der Waals surface area contributed by atoms with Crippen LogP contribution in [0.5, 0.6) is 11.5 Å². The van der Waals surface area contributed by atoms with Gasteiger partial charge in [-0.1, -0.05) is 12.1 Å². The maximum atomic E-state index is 12.6. The van der Waals surface area contributed by atoms with E-state index in [1.807, 2.05) is 31.2 Å². The average molecular weight is 425 g/mol. The number of methoxy groups -OCH3 is 1. The quantitative estimate of drug-likeness (QED) is 0.425. The molecule has 0 saturated carbocycles. The molecule has 3 N–H and O–H groups in total. The fraction of sp³-hybridized carbons (Fsp3) is 0.381. The molecule has 0 saturated heterocycles. The van der Waals surface area contributed by atoms with Crippen LogP contribution >= 0.6 is 0 Å². The molecule has 0 spiro atoms. The predicted octanol–water partition coefficient (Wildman–Crippen LogP) is 3.21. The summed E-state index contributed by atoms with van der Waals surface area (Å²) in [5.41, 5.74) is 0.220. The summed E-state index contributed by atoms with van der Waals surface area (Å²) in [6.45, 7) is 3.07. The van der Waals surface area contributed by atoms with E-state index in [0.29, 0.717) is 19.0 Å². The molecule has 6 nitrogen and oxygen atoms in total. The van der Waals surface area contributed by atoms with E-state index in [0.717, 1.165) is 23.4 Å². The number of guanidine groups is 1. The van der Waals surface area contributed by atoms with Crippen molar-refractivity contribution in [3.8, 4) is 11.5 Å². The zero-order valence-electron chi connectivity index (χ0n) is 16.9. The van der Waals surface area contributed by atoms with Crippen LogP contribution in [-0.2, 0) is 12.7 Å². The number of aliphatic imine (C=N–C) groups is 1. The van der Waals surface area contributed by atoms with Crippen LogP contribution in [0, 0.1) is 0 Å². The molecular weight excluding hydrogens is 399 g/mol. The Morgan fingerprint density at radius 2 is 1.83 bits per heavy atom. The van der Waals surface area contributed by atoms with Crippen LogP contribution in [0.4, 0.5) is 13.2 Å². The largest absolute Gasteiger partial charge is 0.497 e. The number of rotatable bonds is 9. The topological polar surface area (TPSA) is 75.1 Å². The summed E-state index contributed by atoms with van der Waals surface area (Å²) in [7, 11) is 1.60. The van der Waals surface area contributed by atoms with E-state index >= 15 is 0 Å². The van der Waals surface area contributed by atoms with Gasteiger partial charge in [-0.15, -0.1) is 0 Å². The van der Waals surface area contributed by atoms with Gasteiger partial charge in [0, 0.05) is 13.1 Å². The number of halogens is 3. The first kappa shape index (κ1) is 23.3. The molecule has 2 aromatic rings. The van der Waals surface area contributed by atoms with Crippen molar-refractivity contribution in [1.82, 2.24) is 10.6 Å². The summed E-state index contributed by atoms with van der Waals surface area (Å²) < 4.78 is 48.3. The van der Waals surface area contributed by atoms with Gasteiger partial charge in [0.25, 0.3) is 0 Å². The molecule has 2 aromatic carbocycles. The highest BCUT2D eigenvalue weighted by atomic mass is 19.4. The lowest BCUT2D eigenvalue weighted by Gasteiger charge is -2.16. The third kappa shape index (κ3) is 7.82. The van der Waals surface area contributed by atoms with Crippen molar-refractivity contribution in [2.45, 2.75) is 25.7 Å². The molecule has 0 aromatic heterocycles. The maximum Gasteiger partial charge on any atom is 0.416 e. The Labute approximate surface area is 173 Å². The van der Waals surface area contributed by atoms with Crippen LogP contribution in [0.15, 0.2) is 53.5 Å². The van der Waals surface area contributed by atoms with Crippen molar-refractivity contribution in [3.63, 3.8) is 0 Å². The molecule has 30 heavy (non-hydrogen) atoms. The summed E-state index contributed by atoms with van der Waals surface area (Å²) in [6.07, 6.45) is -5.28. The van der Waals surface area contributed by atoms with E-state index in [2.05, 4.69) is 15.6 Å². The summed E-state index contributed by atoms with van der Waals surface area (Å²) in [5, 5.41) is 16.2. The molecule has 0 fully saturated rings.